The Morgan fingerprint density at radius 2 is 2.19 bits per heavy atom. The third kappa shape index (κ3) is 2.71. The predicted octanol–water partition coefficient (Wildman–Crippen LogP) is 4.71. The summed E-state index contributed by atoms with van der Waals surface area (Å²) in [6, 6.07) is 9.85. The summed E-state index contributed by atoms with van der Waals surface area (Å²) in [5.74, 6) is 0.898. The first-order valence-electron chi connectivity index (χ1n) is 4.92. The first-order valence-corrected chi connectivity index (χ1v) is 6.37. The molecule has 2 aromatic rings. The third-order valence-corrected chi connectivity index (χ3v) is 3.26. The first kappa shape index (κ1) is 11.8. The molecule has 84 valence electrons. The van der Waals surface area contributed by atoms with Crippen LogP contribution in [-0.2, 0) is 0 Å². The molecule has 1 aromatic heterocycles. The number of furan rings is 1. The van der Waals surface area contributed by atoms with Crippen molar-refractivity contribution in [3.8, 4) is 0 Å². The Morgan fingerprint density at radius 3 is 2.81 bits per heavy atom. The van der Waals surface area contributed by atoms with Crippen molar-refractivity contribution < 1.29 is 4.42 Å². The van der Waals surface area contributed by atoms with Crippen LogP contribution in [0, 0.1) is 3.57 Å². The van der Waals surface area contributed by atoms with E-state index in [1.807, 2.05) is 37.3 Å². The van der Waals surface area contributed by atoms with Gasteiger partial charge in [-0.2, -0.15) is 0 Å². The second-order valence-electron chi connectivity index (χ2n) is 3.51. The van der Waals surface area contributed by atoms with E-state index >= 15 is 0 Å². The van der Waals surface area contributed by atoms with Crippen LogP contribution in [0.1, 0.15) is 18.7 Å². The van der Waals surface area contributed by atoms with Gasteiger partial charge >= 0.3 is 0 Å². The van der Waals surface area contributed by atoms with E-state index in [0.717, 1.165) is 20.0 Å². The standard InChI is InChI=1S/C12H11ClINO/c1-8(12-3-2-6-16-12)15-11-5-4-9(14)7-10(11)13/h2-8,15H,1H3. The molecule has 2 rings (SSSR count). The van der Waals surface area contributed by atoms with Crippen LogP contribution in [0.2, 0.25) is 5.02 Å². The molecule has 0 saturated carbocycles. The number of halogens is 2. The van der Waals surface area contributed by atoms with Crippen molar-refractivity contribution in [3.05, 3.63) is 50.9 Å². The van der Waals surface area contributed by atoms with Gasteiger partial charge in [0.25, 0.3) is 0 Å². The van der Waals surface area contributed by atoms with Gasteiger partial charge in [-0.25, -0.2) is 0 Å². The fourth-order valence-electron chi connectivity index (χ4n) is 1.45. The fourth-order valence-corrected chi connectivity index (χ4v) is 2.36. The Balaban J connectivity index is 2.15. The zero-order valence-corrected chi connectivity index (χ0v) is 11.6. The number of hydrogen-bond donors (Lipinski definition) is 1. The molecule has 0 spiro atoms. The van der Waals surface area contributed by atoms with Gasteiger partial charge < -0.3 is 9.73 Å². The molecule has 1 unspecified atom stereocenters. The molecular formula is C12H11ClINO. The molecule has 0 radical (unpaired) electrons. The Bertz CT molecular complexity index is 470. The average molecular weight is 348 g/mol. The molecule has 0 bridgehead atoms. The van der Waals surface area contributed by atoms with Crippen molar-refractivity contribution in [2.75, 3.05) is 5.32 Å². The summed E-state index contributed by atoms with van der Waals surface area (Å²) in [4.78, 5) is 0. The van der Waals surface area contributed by atoms with Crippen molar-refractivity contribution in [3.63, 3.8) is 0 Å². The minimum atomic E-state index is 0.104. The summed E-state index contributed by atoms with van der Waals surface area (Å²) in [5.41, 5.74) is 0.922. The van der Waals surface area contributed by atoms with E-state index in [1.54, 1.807) is 6.26 Å². The zero-order valence-electron chi connectivity index (χ0n) is 8.71. The first-order chi connectivity index (χ1) is 7.66. The summed E-state index contributed by atoms with van der Waals surface area (Å²) in [6.45, 7) is 2.03. The second kappa shape index (κ2) is 5.10. The SMILES string of the molecule is CC(Nc1ccc(I)cc1Cl)c1ccco1. The fraction of sp³-hybridized carbons (Fsp3) is 0.167. The van der Waals surface area contributed by atoms with E-state index in [-0.39, 0.29) is 6.04 Å². The predicted molar refractivity (Wildman–Crippen MR) is 74.9 cm³/mol. The van der Waals surface area contributed by atoms with Gasteiger partial charge in [-0.05, 0) is 59.8 Å². The van der Waals surface area contributed by atoms with Crippen LogP contribution >= 0.6 is 34.2 Å². The van der Waals surface area contributed by atoms with Gasteiger partial charge in [-0.1, -0.05) is 11.6 Å². The van der Waals surface area contributed by atoms with Crippen LogP contribution in [0.25, 0.3) is 0 Å². The summed E-state index contributed by atoms with van der Waals surface area (Å²) >= 11 is 8.37. The lowest BCUT2D eigenvalue weighted by Crippen LogP contribution is -2.05. The van der Waals surface area contributed by atoms with E-state index in [1.165, 1.54) is 0 Å². The molecule has 0 amide bonds. The lowest BCUT2D eigenvalue weighted by Gasteiger charge is -2.14. The summed E-state index contributed by atoms with van der Waals surface area (Å²) in [6.07, 6.45) is 1.67. The van der Waals surface area contributed by atoms with Crippen LogP contribution in [0.5, 0.6) is 0 Å². The van der Waals surface area contributed by atoms with Crippen LogP contribution in [0.15, 0.2) is 41.0 Å². The van der Waals surface area contributed by atoms with Crippen LogP contribution in [-0.4, -0.2) is 0 Å². The van der Waals surface area contributed by atoms with Crippen molar-refractivity contribution in [2.45, 2.75) is 13.0 Å². The third-order valence-electron chi connectivity index (χ3n) is 2.27. The molecule has 1 atom stereocenters. The maximum atomic E-state index is 6.14. The Kier molecular flexibility index (Phi) is 3.76. The van der Waals surface area contributed by atoms with Gasteiger partial charge in [0.15, 0.2) is 0 Å². The average Bonchev–Trinajstić information content (AvgIpc) is 2.75. The number of hydrogen-bond acceptors (Lipinski definition) is 2. The summed E-state index contributed by atoms with van der Waals surface area (Å²) < 4.78 is 6.45. The monoisotopic (exact) mass is 347 g/mol. The van der Waals surface area contributed by atoms with E-state index in [2.05, 4.69) is 27.9 Å². The molecule has 0 saturated heterocycles. The van der Waals surface area contributed by atoms with Crippen molar-refractivity contribution in [1.82, 2.24) is 0 Å². The van der Waals surface area contributed by atoms with Gasteiger partial charge in [0.2, 0.25) is 0 Å². The molecule has 16 heavy (non-hydrogen) atoms. The number of nitrogens with one attached hydrogen (secondary N) is 1. The van der Waals surface area contributed by atoms with Crippen LogP contribution in [0.3, 0.4) is 0 Å². The van der Waals surface area contributed by atoms with Crippen molar-refractivity contribution in [2.24, 2.45) is 0 Å². The number of rotatable bonds is 3. The van der Waals surface area contributed by atoms with Crippen molar-refractivity contribution >= 4 is 39.9 Å². The topological polar surface area (TPSA) is 25.2 Å². The zero-order chi connectivity index (χ0) is 11.5. The quantitative estimate of drug-likeness (QED) is 0.813. The molecule has 1 N–H and O–H groups in total. The highest BCUT2D eigenvalue weighted by atomic mass is 127. The largest absolute Gasteiger partial charge is 0.467 e. The second-order valence-corrected chi connectivity index (χ2v) is 5.16. The molecule has 0 aliphatic heterocycles. The normalized spacial score (nSPS) is 12.4. The Morgan fingerprint density at radius 1 is 1.38 bits per heavy atom. The molecular weight excluding hydrogens is 336 g/mol. The molecule has 0 fully saturated rings. The Labute approximate surface area is 113 Å². The highest BCUT2D eigenvalue weighted by Gasteiger charge is 2.09. The van der Waals surface area contributed by atoms with Crippen LogP contribution < -0.4 is 5.32 Å². The van der Waals surface area contributed by atoms with Crippen molar-refractivity contribution in [1.29, 1.82) is 0 Å². The highest BCUT2D eigenvalue weighted by Crippen LogP contribution is 2.27. The lowest BCUT2D eigenvalue weighted by molar-refractivity contribution is 0.490. The lowest BCUT2D eigenvalue weighted by atomic mass is 10.2. The number of anilines is 1. The summed E-state index contributed by atoms with van der Waals surface area (Å²) in [5, 5.41) is 4.04. The van der Waals surface area contributed by atoms with Crippen LogP contribution in [0.4, 0.5) is 5.69 Å². The molecule has 0 aliphatic carbocycles. The van der Waals surface area contributed by atoms with E-state index in [4.69, 9.17) is 16.0 Å². The molecule has 2 nitrogen and oxygen atoms in total. The van der Waals surface area contributed by atoms with Gasteiger partial charge in [-0.15, -0.1) is 0 Å². The Hall–Kier alpha value is -0.680. The number of benzene rings is 1. The van der Waals surface area contributed by atoms with E-state index < -0.39 is 0 Å². The van der Waals surface area contributed by atoms with Gasteiger partial charge in [0.1, 0.15) is 5.76 Å². The highest BCUT2D eigenvalue weighted by molar-refractivity contribution is 14.1. The minimum Gasteiger partial charge on any atom is -0.467 e. The van der Waals surface area contributed by atoms with Gasteiger partial charge in [0, 0.05) is 3.57 Å². The van der Waals surface area contributed by atoms with Gasteiger partial charge in [-0.3, -0.25) is 0 Å². The smallest absolute Gasteiger partial charge is 0.125 e. The maximum absolute atomic E-state index is 6.14. The maximum Gasteiger partial charge on any atom is 0.125 e. The molecule has 4 heteroatoms. The van der Waals surface area contributed by atoms with Gasteiger partial charge in [0.05, 0.1) is 23.0 Å². The summed E-state index contributed by atoms with van der Waals surface area (Å²) in [7, 11) is 0. The molecule has 0 aliphatic rings. The van der Waals surface area contributed by atoms with E-state index in [9.17, 15) is 0 Å². The van der Waals surface area contributed by atoms with E-state index in [0.29, 0.717) is 0 Å². The minimum absolute atomic E-state index is 0.104. The molecule has 1 heterocycles. The molecule has 1 aromatic carbocycles.